The van der Waals surface area contributed by atoms with E-state index in [0.717, 1.165) is 11.3 Å². The van der Waals surface area contributed by atoms with Crippen LogP contribution in [0.1, 0.15) is 5.56 Å². The Morgan fingerprint density at radius 2 is 1.74 bits per heavy atom. The summed E-state index contributed by atoms with van der Waals surface area (Å²) in [6.07, 6.45) is 3.89. The summed E-state index contributed by atoms with van der Waals surface area (Å²) in [5, 5.41) is 0. The van der Waals surface area contributed by atoms with Crippen LogP contribution in [-0.2, 0) is 0 Å². The van der Waals surface area contributed by atoms with E-state index in [1.165, 1.54) is 4.46 Å². The van der Waals surface area contributed by atoms with Crippen molar-refractivity contribution in [1.82, 2.24) is 0 Å². The van der Waals surface area contributed by atoms with E-state index in [0.29, 0.717) is 21.6 Å². The third-order valence-electron chi connectivity index (χ3n) is 2.47. The van der Waals surface area contributed by atoms with Crippen molar-refractivity contribution in [3.63, 3.8) is 0 Å². The minimum atomic E-state index is 0.354. The Morgan fingerprint density at radius 3 is 2.53 bits per heavy atom. The standard InChI is InChI=1S/C17H16OSe/c1-2-13-18-17-11-7-6-8-15(17)12-14-19-16-9-4-3-5-10-16/h2-12,14H,1,13H2/b14-12+. The second-order valence-electron chi connectivity index (χ2n) is 3.87. The zero-order valence-corrected chi connectivity index (χ0v) is 12.4. The number of rotatable bonds is 6. The average molecular weight is 315 g/mol. The molecule has 0 aliphatic carbocycles. The van der Waals surface area contributed by atoms with E-state index in [4.69, 9.17) is 4.74 Å². The summed E-state index contributed by atoms with van der Waals surface area (Å²) < 4.78 is 7.00. The minimum absolute atomic E-state index is 0.354. The zero-order chi connectivity index (χ0) is 13.3. The average Bonchev–Trinajstić information content (AvgIpc) is 2.47. The Morgan fingerprint density at radius 1 is 1.00 bits per heavy atom. The summed E-state index contributed by atoms with van der Waals surface area (Å²) in [6, 6.07) is 18.6. The zero-order valence-electron chi connectivity index (χ0n) is 10.7. The summed E-state index contributed by atoms with van der Waals surface area (Å²) in [5.41, 5.74) is 1.11. The molecule has 2 heteroatoms. The number of hydrogen-bond acceptors (Lipinski definition) is 1. The van der Waals surface area contributed by atoms with Crippen LogP contribution in [0.3, 0.4) is 0 Å². The molecule has 0 saturated carbocycles. The van der Waals surface area contributed by atoms with Crippen molar-refractivity contribution in [2.75, 3.05) is 6.61 Å². The van der Waals surface area contributed by atoms with Gasteiger partial charge < -0.3 is 0 Å². The van der Waals surface area contributed by atoms with Gasteiger partial charge in [-0.15, -0.1) is 0 Å². The number of hydrogen-bond donors (Lipinski definition) is 0. The molecule has 0 bridgehead atoms. The van der Waals surface area contributed by atoms with Gasteiger partial charge in [0, 0.05) is 0 Å². The number of para-hydroxylation sites is 1. The van der Waals surface area contributed by atoms with E-state index >= 15 is 0 Å². The summed E-state index contributed by atoms with van der Waals surface area (Å²) >= 11 is 0.354. The molecular formula is C17H16OSe. The van der Waals surface area contributed by atoms with Gasteiger partial charge in [0.05, 0.1) is 0 Å². The van der Waals surface area contributed by atoms with Gasteiger partial charge in [-0.25, -0.2) is 0 Å². The fourth-order valence-corrected chi connectivity index (χ4v) is 3.02. The van der Waals surface area contributed by atoms with Crippen molar-refractivity contribution in [3.8, 4) is 5.75 Å². The maximum atomic E-state index is 5.63. The molecule has 2 aromatic carbocycles. The molecule has 19 heavy (non-hydrogen) atoms. The summed E-state index contributed by atoms with van der Waals surface area (Å²) in [7, 11) is 0. The predicted octanol–water partition coefficient (Wildman–Crippen LogP) is 3.25. The van der Waals surface area contributed by atoms with Gasteiger partial charge in [0.2, 0.25) is 0 Å². The van der Waals surface area contributed by atoms with Crippen LogP contribution in [0.2, 0.25) is 0 Å². The van der Waals surface area contributed by atoms with Crippen LogP contribution in [0, 0.1) is 0 Å². The van der Waals surface area contributed by atoms with Crippen molar-refractivity contribution in [1.29, 1.82) is 0 Å². The number of benzene rings is 2. The molecule has 2 rings (SSSR count). The van der Waals surface area contributed by atoms with Gasteiger partial charge in [0.1, 0.15) is 0 Å². The normalized spacial score (nSPS) is 10.5. The Hall–Kier alpha value is -1.76. The Balaban J connectivity index is 2.04. The monoisotopic (exact) mass is 316 g/mol. The molecule has 0 aliphatic heterocycles. The van der Waals surface area contributed by atoms with Gasteiger partial charge in [-0.2, -0.15) is 0 Å². The summed E-state index contributed by atoms with van der Waals surface area (Å²) in [4.78, 5) is 2.22. The predicted molar refractivity (Wildman–Crippen MR) is 83.0 cm³/mol. The first-order valence-electron chi connectivity index (χ1n) is 6.11. The molecule has 1 nitrogen and oxygen atoms in total. The second kappa shape index (κ2) is 7.63. The van der Waals surface area contributed by atoms with Crippen LogP contribution in [-0.4, -0.2) is 21.6 Å². The first-order chi connectivity index (χ1) is 9.40. The van der Waals surface area contributed by atoms with E-state index < -0.39 is 0 Å². The Bertz CT molecular complexity index is 546. The van der Waals surface area contributed by atoms with E-state index in [-0.39, 0.29) is 0 Å². The molecule has 0 aromatic heterocycles. The van der Waals surface area contributed by atoms with Gasteiger partial charge >= 0.3 is 120 Å². The van der Waals surface area contributed by atoms with E-state index in [2.05, 4.69) is 48.0 Å². The molecule has 0 radical (unpaired) electrons. The van der Waals surface area contributed by atoms with E-state index in [1.807, 2.05) is 24.3 Å². The SMILES string of the molecule is C=CCOc1ccccc1/C=C/[Se]c1ccccc1. The Kier molecular flexibility index (Phi) is 5.48. The molecule has 0 unspecified atom stereocenters. The van der Waals surface area contributed by atoms with Crippen molar-refractivity contribution in [2.24, 2.45) is 0 Å². The number of ether oxygens (including phenoxy) is 1. The first kappa shape index (κ1) is 13.7. The van der Waals surface area contributed by atoms with Crippen LogP contribution >= 0.6 is 0 Å². The molecule has 0 aliphatic rings. The molecule has 2 aromatic rings. The van der Waals surface area contributed by atoms with Gasteiger partial charge in [-0.05, 0) is 0 Å². The van der Waals surface area contributed by atoms with Crippen molar-refractivity contribution in [2.45, 2.75) is 0 Å². The molecule has 0 fully saturated rings. The quantitative estimate of drug-likeness (QED) is 0.587. The first-order valence-corrected chi connectivity index (χ1v) is 7.95. The van der Waals surface area contributed by atoms with E-state index in [9.17, 15) is 0 Å². The van der Waals surface area contributed by atoms with E-state index in [1.54, 1.807) is 6.08 Å². The van der Waals surface area contributed by atoms with Crippen molar-refractivity contribution >= 4 is 25.5 Å². The molecule has 0 spiro atoms. The molecule has 0 heterocycles. The van der Waals surface area contributed by atoms with Crippen LogP contribution in [0.4, 0.5) is 0 Å². The molecule has 0 N–H and O–H groups in total. The molecule has 0 atom stereocenters. The van der Waals surface area contributed by atoms with Crippen LogP contribution in [0.5, 0.6) is 5.75 Å². The van der Waals surface area contributed by atoms with Gasteiger partial charge in [-0.1, -0.05) is 0 Å². The van der Waals surface area contributed by atoms with Crippen molar-refractivity contribution in [3.05, 3.63) is 77.8 Å². The fraction of sp³-hybridized carbons (Fsp3) is 0.0588. The Labute approximate surface area is 120 Å². The van der Waals surface area contributed by atoms with Gasteiger partial charge in [0.15, 0.2) is 0 Å². The second-order valence-corrected chi connectivity index (χ2v) is 5.93. The van der Waals surface area contributed by atoms with Crippen LogP contribution in [0.15, 0.2) is 72.2 Å². The molecule has 0 saturated heterocycles. The van der Waals surface area contributed by atoms with Crippen LogP contribution in [0.25, 0.3) is 6.08 Å². The summed E-state index contributed by atoms with van der Waals surface area (Å²) in [6.45, 7) is 4.20. The molecule has 0 amide bonds. The third-order valence-corrected chi connectivity index (χ3v) is 4.18. The van der Waals surface area contributed by atoms with Gasteiger partial charge in [-0.3, -0.25) is 0 Å². The fourth-order valence-electron chi connectivity index (χ4n) is 1.58. The maximum absolute atomic E-state index is 5.63. The molecular weight excluding hydrogens is 299 g/mol. The topological polar surface area (TPSA) is 9.23 Å². The third kappa shape index (κ3) is 4.44. The van der Waals surface area contributed by atoms with Gasteiger partial charge in [0.25, 0.3) is 0 Å². The van der Waals surface area contributed by atoms with Crippen molar-refractivity contribution < 1.29 is 4.74 Å². The van der Waals surface area contributed by atoms with Crippen LogP contribution < -0.4 is 9.20 Å². The summed E-state index contributed by atoms with van der Waals surface area (Å²) in [5.74, 6) is 0.905. The molecule has 96 valence electrons.